The molecule has 28 heavy (non-hydrogen) atoms. The van der Waals surface area contributed by atoms with Crippen molar-refractivity contribution in [3.63, 3.8) is 0 Å². The highest BCUT2D eigenvalue weighted by atomic mass is 16.5. The zero-order chi connectivity index (χ0) is 19.3. The number of nitrogens with one attached hydrogen (secondary N) is 2. The first-order valence-electron chi connectivity index (χ1n) is 9.32. The second kappa shape index (κ2) is 8.36. The molecule has 10 heteroatoms. The van der Waals surface area contributed by atoms with Crippen molar-refractivity contribution in [2.24, 2.45) is 5.73 Å². The lowest BCUT2D eigenvalue weighted by Crippen LogP contribution is -2.43. The molecule has 2 aliphatic heterocycles. The molecule has 0 atom stereocenters. The number of nitrogens with zero attached hydrogens (tertiary/aromatic N) is 4. The van der Waals surface area contributed by atoms with E-state index in [0.29, 0.717) is 32.2 Å². The Balaban J connectivity index is 1.67. The molecular formula is C18H24N7O3+. The molecule has 0 radical (unpaired) electrons. The summed E-state index contributed by atoms with van der Waals surface area (Å²) in [6, 6.07) is 4.96. The number of nitrogens with two attached hydrogens (primary N) is 1. The summed E-state index contributed by atoms with van der Waals surface area (Å²) < 4.78 is 10.9. The number of carbonyl (C=O) groups is 1. The van der Waals surface area contributed by atoms with Crippen molar-refractivity contribution in [1.29, 1.82) is 0 Å². The van der Waals surface area contributed by atoms with E-state index in [1.54, 1.807) is 12.3 Å². The van der Waals surface area contributed by atoms with Gasteiger partial charge in [-0.1, -0.05) is 0 Å². The maximum absolute atomic E-state index is 11.0. The third-order valence-corrected chi connectivity index (χ3v) is 4.71. The van der Waals surface area contributed by atoms with E-state index >= 15 is 0 Å². The monoisotopic (exact) mass is 386 g/mol. The molecule has 2 aliphatic rings. The Bertz CT molecular complexity index is 782. The van der Waals surface area contributed by atoms with Crippen LogP contribution in [0.25, 0.3) is 11.3 Å². The van der Waals surface area contributed by atoms with Crippen LogP contribution in [-0.2, 0) is 9.47 Å². The van der Waals surface area contributed by atoms with Gasteiger partial charge in [-0.15, -0.1) is 4.98 Å². The average molecular weight is 386 g/mol. The molecule has 2 fully saturated rings. The van der Waals surface area contributed by atoms with Crippen molar-refractivity contribution >= 4 is 23.6 Å². The van der Waals surface area contributed by atoms with Crippen LogP contribution in [0.15, 0.2) is 24.4 Å². The molecule has 0 saturated carbocycles. The van der Waals surface area contributed by atoms with Crippen molar-refractivity contribution < 1.29 is 19.3 Å². The van der Waals surface area contributed by atoms with Crippen LogP contribution in [-0.4, -0.2) is 68.6 Å². The summed E-state index contributed by atoms with van der Waals surface area (Å²) in [5, 5.41) is 2.47. The van der Waals surface area contributed by atoms with Crippen LogP contribution >= 0.6 is 0 Å². The van der Waals surface area contributed by atoms with Crippen molar-refractivity contribution in [2.75, 3.05) is 67.7 Å². The third kappa shape index (κ3) is 4.29. The van der Waals surface area contributed by atoms with E-state index < -0.39 is 6.03 Å². The Morgan fingerprint density at radius 3 is 2.36 bits per heavy atom. The molecule has 10 nitrogen and oxygen atoms in total. The Morgan fingerprint density at radius 2 is 1.75 bits per heavy atom. The summed E-state index contributed by atoms with van der Waals surface area (Å²) >= 11 is 0. The lowest BCUT2D eigenvalue weighted by Gasteiger charge is -2.27. The van der Waals surface area contributed by atoms with Gasteiger partial charge in [0.2, 0.25) is 0 Å². The van der Waals surface area contributed by atoms with E-state index in [0.717, 1.165) is 49.2 Å². The van der Waals surface area contributed by atoms with E-state index in [2.05, 4.69) is 25.1 Å². The Morgan fingerprint density at radius 1 is 1.07 bits per heavy atom. The number of carbonyl (C=O) groups excluding carboxylic acids is 1. The number of anilines is 3. The van der Waals surface area contributed by atoms with Gasteiger partial charge >= 0.3 is 12.0 Å². The Hall–Kier alpha value is -2.98. The van der Waals surface area contributed by atoms with Crippen molar-refractivity contribution in [3.05, 3.63) is 24.4 Å². The smallest absolute Gasteiger partial charge is 0.347 e. The second-order valence-electron chi connectivity index (χ2n) is 6.60. The van der Waals surface area contributed by atoms with Gasteiger partial charge in [0, 0.05) is 17.8 Å². The summed E-state index contributed by atoms with van der Waals surface area (Å²) in [4.78, 5) is 28.0. The first kappa shape index (κ1) is 18.4. The van der Waals surface area contributed by atoms with E-state index in [4.69, 9.17) is 20.2 Å². The molecule has 0 spiro atoms. The fourth-order valence-electron chi connectivity index (χ4n) is 3.25. The van der Waals surface area contributed by atoms with Crippen LogP contribution in [0.5, 0.6) is 0 Å². The maximum atomic E-state index is 11.0. The topological polar surface area (TPSA) is 120 Å². The minimum Gasteiger partial charge on any atom is -0.376 e. The number of aromatic amines is 1. The normalized spacial score (nSPS) is 17.4. The quantitative estimate of drug-likeness (QED) is 0.766. The average Bonchev–Trinajstić information content (AvgIpc) is 2.75. The van der Waals surface area contributed by atoms with Gasteiger partial charge in [0.05, 0.1) is 52.6 Å². The van der Waals surface area contributed by atoms with E-state index in [1.807, 2.05) is 12.1 Å². The minimum absolute atomic E-state index is 0.403. The van der Waals surface area contributed by atoms with Gasteiger partial charge in [-0.2, -0.15) is 0 Å². The van der Waals surface area contributed by atoms with Crippen LogP contribution in [0, 0.1) is 0 Å². The first-order chi connectivity index (χ1) is 13.7. The SMILES string of the molecule is NC(=O)Nc1ccc(-c2cc(N3CCOCC3)[nH+]c(N3CCOCC3)n2)cn1. The number of ether oxygens (including phenoxy) is 2. The number of hydrogen-bond donors (Lipinski definition) is 2. The van der Waals surface area contributed by atoms with Crippen molar-refractivity contribution in [2.45, 2.75) is 0 Å². The van der Waals surface area contributed by atoms with E-state index in [1.165, 1.54) is 0 Å². The van der Waals surface area contributed by atoms with Crippen LogP contribution in [0.3, 0.4) is 0 Å². The molecule has 2 saturated heterocycles. The van der Waals surface area contributed by atoms with Crippen LogP contribution in [0.2, 0.25) is 0 Å². The maximum Gasteiger partial charge on any atom is 0.347 e. The summed E-state index contributed by atoms with van der Waals surface area (Å²) in [6.45, 7) is 5.99. The fourth-order valence-corrected chi connectivity index (χ4v) is 3.25. The molecule has 2 aromatic heterocycles. The lowest BCUT2D eigenvalue weighted by molar-refractivity contribution is -0.355. The first-order valence-corrected chi connectivity index (χ1v) is 9.32. The van der Waals surface area contributed by atoms with Crippen molar-refractivity contribution in [3.8, 4) is 11.3 Å². The van der Waals surface area contributed by atoms with Gasteiger partial charge in [-0.25, -0.2) is 14.8 Å². The highest BCUT2D eigenvalue weighted by Crippen LogP contribution is 2.23. The number of morpholine rings is 2. The number of pyridine rings is 1. The van der Waals surface area contributed by atoms with Gasteiger partial charge in [-0.05, 0) is 12.1 Å². The third-order valence-electron chi connectivity index (χ3n) is 4.71. The molecule has 4 N–H and O–H groups in total. The van der Waals surface area contributed by atoms with Gasteiger partial charge < -0.3 is 20.1 Å². The number of amides is 2. The van der Waals surface area contributed by atoms with Gasteiger partial charge in [0.1, 0.15) is 11.5 Å². The van der Waals surface area contributed by atoms with Gasteiger partial charge in [-0.3, -0.25) is 10.2 Å². The molecule has 148 valence electrons. The Kier molecular flexibility index (Phi) is 5.49. The number of urea groups is 1. The predicted octanol–water partition coefficient (Wildman–Crippen LogP) is 0.122. The molecular weight excluding hydrogens is 362 g/mol. The Labute approximate surface area is 162 Å². The van der Waals surface area contributed by atoms with Gasteiger partial charge in [0.25, 0.3) is 0 Å². The van der Waals surface area contributed by atoms with E-state index in [9.17, 15) is 4.79 Å². The summed E-state index contributed by atoms with van der Waals surface area (Å²) in [5.41, 5.74) is 6.80. The zero-order valence-corrected chi connectivity index (χ0v) is 15.6. The van der Waals surface area contributed by atoms with Crippen LogP contribution in [0.4, 0.5) is 22.4 Å². The van der Waals surface area contributed by atoms with Crippen LogP contribution < -0.4 is 25.8 Å². The highest BCUT2D eigenvalue weighted by Gasteiger charge is 2.24. The molecule has 0 bridgehead atoms. The molecule has 0 aromatic carbocycles. The standard InChI is InChI=1S/C18H23N7O3/c19-17(26)22-15-2-1-13(12-20-15)14-11-16(24-3-7-27-8-4-24)23-18(21-14)25-5-9-28-10-6-25/h1-2,11-12H,3-10H2,(H3,19,20,22,26)/p+1. The number of H-pyrrole nitrogens is 1. The predicted molar refractivity (Wildman–Crippen MR) is 103 cm³/mol. The molecule has 2 amide bonds. The molecule has 2 aromatic rings. The zero-order valence-electron chi connectivity index (χ0n) is 15.6. The number of primary amides is 1. The fraction of sp³-hybridized carbons (Fsp3) is 0.444. The summed E-state index contributed by atoms with van der Waals surface area (Å²) in [5.74, 6) is 2.20. The highest BCUT2D eigenvalue weighted by molar-refractivity contribution is 5.86. The molecule has 0 unspecified atom stereocenters. The number of hydrogen-bond acceptors (Lipinski definition) is 7. The minimum atomic E-state index is -0.642. The number of aromatic nitrogens is 3. The number of rotatable bonds is 4. The van der Waals surface area contributed by atoms with E-state index in [-0.39, 0.29) is 0 Å². The largest absolute Gasteiger partial charge is 0.376 e. The lowest BCUT2D eigenvalue weighted by atomic mass is 10.2. The van der Waals surface area contributed by atoms with Crippen molar-refractivity contribution in [1.82, 2.24) is 9.97 Å². The van der Waals surface area contributed by atoms with Gasteiger partial charge in [0.15, 0.2) is 5.82 Å². The summed E-state index contributed by atoms with van der Waals surface area (Å²) in [7, 11) is 0. The van der Waals surface area contributed by atoms with Crippen LogP contribution in [0.1, 0.15) is 0 Å². The second-order valence-corrected chi connectivity index (χ2v) is 6.60. The molecule has 4 rings (SSSR count). The molecule has 4 heterocycles. The summed E-state index contributed by atoms with van der Waals surface area (Å²) in [6.07, 6.45) is 1.68. The molecule has 0 aliphatic carbocycles.